The molecule has 0 atom stereocenters. The molecule has 0 aliphatic rings. The van der Waals surface area contributed by atoms with Crippen LogP contribution in [0.15, 0.2) is 53.6 Å². The lowest BCUT2D eigenvalue weighted by atomic mass is 10.2. The molecule has 0 aliphatic heterocycles. The molecule has 0 unspecified atom stereocenters. The maximum Gasteiger partial charge on any atom is 0.275 e. The van der Waals surface area contributed by atoms with Crippen molar-refractivity contribution in [2.75, 3.05) is 0 Å². The molecular formula is C17H17FN2O2. The van der Waals surface area contributed by atoms with E-state index in [-0.39, 0.29) is 17.8 Å². The fraction of sp³-hybridized carbons (Fsp3) is 0.176. The predicted octanol–water partition coefficient (Wildman–Crippen LogP) is 3.38. The number of halogens is 1. The van der Waals surface area contributed by atoms with Crippen LogP contribution in [0, 0.1) is 5.82 Å². The molecule has 4 nitrogen and oxygen atoms in total. The van der Waals surface area contributed by atoms with E-state index in [1.165, 1.54) is 18.3 Å². The summed E-state index contributed by atoms with van der Waals surface area (Å²) in [5.41, 5.74) is 3.53. The maximum absolute atomic E-state index is 12.8. The number of ether oxygens (including phenoxy) is 1. The van der Waals surface area contributed by atoms with Crippen LogP contribution in [-0.4, -0.2) is 18.2 Å². The van der Waals surface area contributed by atoms with Gasteiger partial charge in [0.2, 0.25) is 0 Å². The summed E-state index contributed by atoms with van der Waals surface area (Å²) in [7, 11) is 0. The summed E-state index contributed by atoms with van der Waals surface area (Å²) in [5.74, 6) is -0.178. The van der Waals surface area contributed by atoms with Crippen LogP contribution in [-0.2, 0) is 0 Å². The Kier molecular flexibility index (Phi) is 5.25. The molecule has 0 radical (unpaired) electrons. The van der Waals surface area contributed by atoms with Crippen LogP contribution in [0.4, 0.5) is 4.39 Å². The standard InChI is InChI=1S/C17H17FN2O2/c1-12(2)22-16-6-4-3-5-15(16)17(21)20-19-11-13-7-9-14(18)10-8-13/h3-12H,1-2H3,(H,20,21)/b19-11+. The van der Waals surface area contributed by atoms with Gasteiger partial charge in [-0.25, -0.2) is 9.82 Å². The first-order valence-corrected chi connectivity index (χ1v) is 6.91. The van der Waals surface area contributed by atoms with E-state index in [4.69, 9.17) is 4.74 Å². The van der Waals surface area contributed by atoms with Gasteiger partial charge >= 0.3 is 0 Å². The van der Waals surface area contributed by atoms with Crippen molar-refractivity contribution in [3.05, 3.63) is 65.5 Å². The average Bonchev–Trinajstić information content (AvgIpc) is 2.49. The van der Waals surface area contributed by atoms with E-state index in [0.717, 1.165) is 0 Å². The SMILES string of the molecule is CC(C)Oc1ccccc1C(=O)N/N=C/c1ccc(F)cc1. The van der Waals surface area contributed by atoms with Crippen molar-refractivity contribution in [3.63, 3.8) is 0 Å². The van der Waals surface area contributed by atoms with Crippen molar-refractivity contribution in [3.8, 4) is 5.75 Å². The first-order valence-electron chi connectivity index (χ1n) is 6.91. The Bertz CT molecular complexity index is 667. The van der Waals surface area contributed by atoms with Gasteiger partial charge in [0.15, 0.2) is 0 Å². The Labute approximate surface area is 128 Å². The van der Waals surface area contributed by atoms with Crippen LogP contribution in [0.1, 0.15) is 29.8 Å². The highest BCUT2D eigenvalue weighted by Gasteiger charge is 2.12. The number of carbonyl (C=O) groups excluding carboxylic acids is 1. The molecule has 0 saturated heterocycles. The second kappa shape index (κ2) is 7.36. The van der Waals surface area contributed by atoms with Crippen molar-refractivity contribution >= 4 is 12.1 Å². The second-order valence-corrected chi connectivity index (χ2v) is 4.91. The average molecular weight is 300 g/mol. The number of hydrazone groups is 1. The molecule has 2 rings (SSSR count). The normalized spacial score (nSPS) is 10.9. The molecule has 0 bridgehead atoms. The lowest BCUT2D eigenvalue weighted by Gasteiger charge is -2.12. The van der Waals surface area contributed by atoms with Gasteiger partial charge in [-0.3, -0.25) is 4.79 Å². The Hall–Kier alpha value is -2.69. The van der Waals surface area contributed by atoms with E-state index in [2.05, 4.69) is 10.5 Å². The molecule has 0 fully saturated rings. The summed E-state index contributed by atoms with van der Waals surface area (Å²) < 4.78 is 18.4. The first kappa shape index (κ1) is 15.7. The number of benzene rings is 2. The van der Waals surface area contributed by atoms with E-state index in [0.29, 0.717) is 16.9 Å². The summed E-state index contributed by atoms with van der Waals surface area (Å²) in [6.45, 7) is 3.78. The van der Waals surface area contributed by atoms with Gasteiger partial charge in [-0.05, 0) is 43.7 Å². The summed E-state index contributed by atoms with van der Waals surface area (Å²) in [5, 5.41) is 3.87. The van der Waals surface area contributed by atoms with E-state index < -0.39 is 0 Å². The second-order valence-electron chi connectivity index (χ2n) is 4.91. The smallest absolute Gasteiger partial charge is 0.275 e. The zero-order chi connectivity index (χ0) is 15.9. The van der Waals surface area contributed by atoms with E-state index >= 15 is 0 Å². The molecule has 0 aliphatic carbocycles. The van der Waals surface area contributed by atoms with E-state index in [1.807, 2.05) is 13.8 Å². The van der Waals surface area contributed by atoms with E-state index in [9.17, 15) is 9.18 Å². The van der Waals surface area contributed by atoms with Crippen LogP contribution in [0.25, 0.3) is 0 Å². The highest BCUT2D eigenvalue weighted by molar-refractivity contribution is 5.97. The van der Waals surface area contributed by atoms with Crippen molar-refractivity contribution in [1.82, 2.24) is 5.43 Å². The van der Waals surface area contributed by atoms with Crippen LogP contribution in [0.5, 0.6) is 5.75 Å². The van der Waals surface area contributed by atoms with Gasteiger partial charge in [-0.15, -0.1) is 0 Å². The summed E-state index contributed by atoms with van der Waals surface area (Å²) in [4.78, 5) is 12.1. The summed E-state index contributed by atoms with van der Waals surface area (Å²) in [6, 6.07) is 12.8. The molecule has 114 valence electrons. The Morgan fingerprint density at radius 1 is 1.18 bits per heavy atom. The molecule has 0 heterocycles. The van der Waals surface area contributed by atoms with Gasteiger partial charge in [0, 0.05) is 0 Å². The van der Waals surface area contributed by atoms with Crippen LogP contribution in [0.3, 0.4) is 0 Å². The molecule has 0 aromatic heterocycles. The summed E-state index contributed by atoms with van der Waals surface area (Å²) in [6.07, 6.45) is 1.42. The highest BCUT2D eigenvalue weighted by Crippen LogP contribution is 2.19. The zero-order valence-electron chi connectivity index (χ0n) is 12.4. The van der Waals surface area contributed by atoms with E-state index in [1.54, 1.807) is 36.4 Å². The van der Waals surface area contributed by atoms with Crippen molar-refractivity contribution < 1.29 is 13.9 Å². The minimum atomic E-state index is -0.366. The van der Waals surface area contributed by atoms with Gasteiger partial charge in [0.1, 0.15) is 11.6 Å². The number of rotatable bonds is 5. The van der Waals surface area contributed by atoms with Gasteiger partial charge < -0.3 is 4.74 Å². The Morgan fingerprint density at radius 3 is 2.55 bits per heavy atom. The topological polar surface area (TPSA) is 50.7 Å². The Balaban J connectivity index is 2.04. The molecule has 0 saturated carbocycles. The first-order chi connectivity index (χ1) is 10.6. The quantitative estimate of drug-likeness (QED) is 0.680. The highest BCUT2D eigenvalue weighted by atomic mass is 19.1. The number of nitrogens with zero attached hydrogens (tertiary/aromatic N) is 1. The number of hydrogen-bond donors (Lipinski definition) is 1. The zero-order valence-corrected chi connectivity index (χ0v) is 12.4. The monoisotopic (exact) mass is 300 g/mol. The molecule has 22 heavy (non-hydrogen) atoms. The van der Waals surface area contributed by atoms with Gasteiger partial charge in [-0.1, -0.05) is 24.3 Å². The lowest BCUT2D eigenvalue weighted by molar-refractivity contribution is 0.0949. The molecular weight excluding hydrogens is 283 g/mol. The minimum Gasteiger partial charge on any atom is -0.490 e. The molecule has 1 N–H and O–H groups in total. The predicted molar refractivity (Wildman–Crippen MR) is 83.7 cm³/mol. The van der Waals surface area contributed by atoms with Crippen molar-refractivity contribution in [1.29, 1.82) is 0 Å². The molecule has 5 heteroatoms. The number of nitrogens with one attached hydrogen (secondary N) is 1. The molecule has 0 spiro atoms. The minimum absolute atomic E-state index is 0.0309. The van der Waals surface area contributed by atoms with Crippen molar-refractivity contribution in [2.24, 2.45) is 5.10 Å². The fourth-order valence-corrected chi connectivity index (χ4v) is 1.79. The summed E-state index contributed by atoms with van der Waals surface area (Å²) >= 11 is 0. The maximum atomic E-state index is 12.8. The largest absolute Gasteiger partial charge is 0.490 e. The van der Waals surface area contributed by atoms with Gasteiger partial charge in [0.05, 0.1) is 17.9 Å². The number of carbonyl (C=O) groups is 1. The molecule has 1 amide bonds. The third-order valence-electron chi connectivity index (χ3n) is 2.74. The van der Waals surface area contributed by atoms with Gasteiger partial charge in [0.25, 0.3) is 5.91 Å². The van der Waals surface area contributed by atoms with Crippen LogP contribution < -0.4 is 10.2 Å². The van der Waals surface area contributed by atoms with Crippen molar-refractivity contribution in [2.45, 2.75) is 20.0 Å². The lowest BCUT2D eigenvalue weighted by Crippen LogP contribution is -2.19. The third-order valence-corrected chi connectivity index (χ3v) is 2.74. The number of amides is 1. The number of para-hydroxylation sites is 1. The number of hydrogen-bond acceptors (Lipinski definition) is 3. The molecule has 2 aromatic rings. The van der Waals surface area contributed by atoms with Gasteiger partial charge in [-0.2, -0.15) is 5.10 Å². The molecule has 2 aromatic carbocycles. The third kappa shape index (κ3) is 4.41. The Morgan fingerprint density at radius 2 is 1.86 bits per heavy atom. The van der Waals surface area contributed by atoms with Crippen LogP contribution in [0.2, 0.25) is 0 Å². The fourth-order valence-electron chi connectivity index (χ4n) is 1.79. The van der Waals surface area contributed by atoms with Crippen LogP contribution >= 0.6 is 0 Å².